The van der Waals surface area contributed by atoms with Crippen molar-refractivity contribution in [1.82, 2.24) is 4.90 Å². The van der Waals surface area contributed by atoms with Gasteiger partial charge in [0.2, 0.25) is 0 Å². The summed E-state index contributed by atoms with van der Waals surface area (Å²) in [6.45, 7) is 1.92. The van der Waals surface area contributed by atoms with Crippen LogP contribution in [0.5, 0.6) is 0 Å². The molecule has 3 nitrogen and oxygen atoms in total. The number of rotatable bonds is 5. The minimum atomic E-state index is -0.797. The van der Waals surface area contributed by atoms with Gasteiger partial charge in [-0.05, 0) is 50.3 Å². The molecule has 3 rings (SSSR count). The molecule has 1 saturated heterocycles. The van der Waals surface area contributed by atoms with E-state index >= 15 is 0 Å². The number of ketones is 1. The number of carbonyl (C=O) groups is 1. The standard InChI is InChI=1S/C19H27NO2/c21-18(16-11-5-6-12-16)19(22)17(15-9-3-1-4-10-15)20-13-7-2-8-14-20/h1,3-4,9-10,16-18,21H,2,5-8,11-14H2. The van der Waals surface area contributed by atoms with Crippen molar-refractivity contribution in [1.29, 1.82) is 0 Å². The number of hydrogen-bond acceptors (Lipinski definition) is 3. The van der Waals surface area contributed by atoms with E-state index in [1.165, 1.54) is 6.42 Å². The van der Waals surface area contributed by atoms with E-state index in [0.29, 0.717) is 0 Å². The molecule has 2 aliphatic rings. The Balaban J connectivity index is 1.82. The summed E-state index contributed by atoms with van der Waals surface area (Å²) >= 11 is 0. The molecule has 22 heavy (non-hydrogen) atoms. The van der Waals surface area contributed by atoms with Crippen LogP contribution in [0.15, 0.2) is 30.3 Å². The maximum absolute atomic E-state index is 13.0. The van der Waals surface area contributed by atoms with E-state index in [9.17, 15) is 9.90 Å². The molecule has 2 unspecified atom stereocenters. The Bertz CT molecular complexity index is 475. The highest BCUT2D eigenvalue weighted by Gasteiger charge is 2.36. The lowest BCUT2D eigenvalue weighted by molar-refractivity contribution is -0.136. The quantitative estimate of drug-likeness (QED) is 0.907. The second kappa shape index (κ2) is 7.38. The number of benzene rings is 1. The van der Waals surface area contributed by atoms with E-state index in [1.807, 2.05) is 30.3 Å². The maximum Gasteiger partial charge on any atom is 0.183 e. The second-order valence-corrected chi connectivity index (χ2v) is 6.80. The van der Waals surface area contributed by atoms with Crippen molar-refractivity contribution < 1.29 is 9.90 Å². The Kier molecular flexibility index (Phi) is 5.27. The summed E-state index contributed by atoms with van der Waals surface area (Å²) in [6, 6.07) is 9.74. The third-order valence-corrected chi connectivity index (χ3v) is 5.28. The van der Waals surface area contributed by atoms with Gasteiger partial charge in [0.15, 0.2) is 5.78 Å². The average molecular weight is 301 g/mol. The first-order chi connectivity index (χ1) is 10.8. The molecule has 1 heterocycles. The molecule has 2 fully saturated rings. The summed E-state index contributed by atoms with van der Waals surface area (Å²) in [5.41, 5.74) is 1.03. The van der Waals surface area contributed by atoms with Crippen LogP contribution in [0.3, 0.4) is 0 Å². The van der Waals surface area contributed by atoms with Gasteiger partial charge in [-0.25, -0.2) is 0 Å². The van der Waals surface area contributed by atoms with E-state index in [-0.39, 0.29) is 17.7 Å². The second-order valence-electron chi connectivity index (χ2n) is 6.80. The average Bonchev–Trinajstić information content (AvgIpc) is 3.11. The van der Waals surface area contributed by atoms with Gasteiger partial charge < -0.3 is 5.11 Å². The summed E-state index contributed by atoms with van der Waals surface area (Å²) in [6.07, 6.45) is 7.03. The van der Waals surface area contributed by atoms with Crippen molar-refractivity contribution >= 4 is 5.78 Å². The van der Waals surface area contributed by atoms with Crippen LogP contribution in [-0.4, -0.2) is 35.0 Å². The summed E-state index contributed by atoms with van der Waals surface area (Å²) in [5.74, 6) is 0.184. The molecule has 1 aliphatic heterocycles. The van der Waals surface area contributed by atoms with E-state index < -0.39 is 6.10 Å². The van der Waals surface area contributed by atoms with E-state index in [0.717, 1.165) is 57.2 Å². The van der Waals surface area contributed by atoms with Gasteiger partial charge in [-0.1, -0.05) is 49.6 Å². The number of aliphatic hydroxyl groups is 1. The van der Waals surface area contributed by atoms with Gasteiger partial charge in [0, 0.05) is 0 Å². The van der Waals surface area contributed by atoms with Crippen molar-refractivity contribution in [2.75, 3.05) is 13.1 Å². The third-order valence-electron chi connectivity index (χ3n) is 5.28. The Morgan fingerprint density at radius 1 is 1.00 bits per heavy atom. The first kappa shape index (κ1) is 15.7. The highest BCUT2D eigenvalue weighted by molar-refractivity contribution is 5.89. The van der Waals surface area contributed by atoms with Crippen molar-refractivity contribution in [3.05, 3.63) is 35.9 Å². The van der Waals surface area contributed by atoms with Crippen molar-refractivity contribution in [3.63, 3.8) is 0 Å². The van der Waals surface area contributed by atoms with Gasteiger partial charge in [-0.3, -0.25) is 9.69 Å². The number of hydrogen-bond donors (Lipinski definition) is 1. The summed E-state index contributed by atoms with van der Waals surface area (Å²) < 4.78 is 0. The minimum Gasteiger partial charge on any atom is -0.385 e. The van der Waals surface area contributed by atoms with Crippen LogP contribution in [-0.2, 0) is 4.79 Å². The predicted octanol–water partition coefficient (Wildman–Crippen LogP) is 3.33. The lowest BCUT2D eigenvalue weighted by atomic mass is 9.89. The molecule has 0 spiro atoms. The highest BCUT2D eigenvalue weighted by Crippen LogP contribution is 2.33. The number of piperidine rings is 1. The summed E-state index contributed by atoms with van der Waals surface area (Å²) in [7, 11) is 0. The van der Waals surface area contributed by atoms with E-state index in [2.05, 4.69) is 4.90 Å². The molecule has 1 aromatic carbocycles. The van der Waals surface area contributed by atoms with Gasteiger partial charge in [0.1, 0.15) is 6.10 Å². The molecule has 1 aromatic rings. The molecule has 1 saturated carbocycles. The lowest BCUT2D eigenvalue weighted by Gasteiger charge is -2.35. The molecule has 120 valence electrons. The van der Waals surface area contributed by atoms with Gasteiger partial charge in [0.25, 0.3) is 0 Å². The Labute approximate surface area is 133 Å². The van der Waals surface area contributed by atoms with E-state index in [4.69, 9.17) is 0 Å². The molecular formula is C19H27NO2. The van der Waals surface area contributed by atoms with Crippen molar-refractivity contribution in [3.8, 4) is 0 Å². The Hall–Kier alpha value is -1.19. The van der Waals surface area contributed by atoms with Crippen LogP contribution >= 0.6 is 0 Å². The van der Waals surface area contributed by atoms with Crippen LogP contribution in [0.4, 0.5) is 0 Å². The molecule has 2 atom stereocenters. The van der Waals surface area contributed by atoms with Crippen LogP contribution < -0.4 is 0 Å². The first-order valence-electron chi connectivity index (χ1n) is 8.78. The maximum atomic E-state index is 13.0. The zero-order valence-electron chi connectivity index (χ0n) is 13.3. The van der Waals surface area contributed by atoms with Gasteiger partial charge in [-0.15, -0.1) is 0 Å². The third kappa shape index (κ3) is 3.41. The fraction of sp³-hybridized carbons (Fsp3) is 0.632. The molecule has 0 amide bonds. The fourth-order valence-electron chi connectivity index (χ4n) is 4.03. The van der Waals surface area contributed by atoms with Gasteiger partial charge in [0.05, 0.1) is 6.04 Å². The number of nitrogens with zero attached hydrogens (tertiary/aromatic N) is 1. The number of aliphatic hydroxyl groups excluding tert-OH is 1. The first-order valence-corrected chi connectivity index (χ1v) is 8.78. The number of likely N-dealkylation sites (tertiary alicyclic amines) is 1. The smallest absolute Gasteiger partial charge is 0.183 e. The van der Waals surface area contributed by atoms with Gasteiger partial charge >= 0.3 is 0 Å². The summed E-state index contributed by atoms with van der Waals surface area (Å²) in [4.78, 5) is 15.3. The van der Waals surface area contributed by atoms with Gasteiger partial charge in [-0.2, -0.15) is 0 Å². The van der Waals surface area contributed by atoms with Crippen LogP contribution in [0.25, 0.3) is 0 Å². The molecule has 1 aliphatic carbocycles. The topological polar surface area (TPSA) is 40.5 Å². The normalized spacial score (nSPS) is 23.3. The zero-order chi connectivity index (χ0) is 15.4. The molecule has 0 bridgehead atoms. The van der Waals surface area contributed by atoms with Crippen LogP contribution in [0.1, 0.15) is 56.6 Å². The number of Topliss-reactive ketones (excluding diaryl/α,β-unsaturated/α-hetero) is 1. The predicted molar refractivity (Wildman–Crippen MR) is 87.6 cm³/mol. The lowest BCUT2D eigenvalue weighted by Crippen LogP contribution is -2.43. The zero-order valence-corrected chi connectivity index (χ0v) is 13.3. The molecular weight excluding hydrogens is 274 g/mol. The minimum absolute atomic E-state index is 0.0139. The fourth-order valence-corrected chi connectivity index (χ4v) is 4.03. The SMILES string of the molecule is O=C(C(O)C1CCCC1)C(c1ccccc1)N1CCCCC1. The van der Waals surface area contributed by atoms with Crippen LogP contribution in [0, 0.1) is 5.92 Å². The van der Waals surface area contributed by atoms with E-state index in [1.54, 1.807) is 0 Å². The molecule has 0 aromatic heterocycles. The number of carbonyl (C=O) groups excluding carboxylic acids is 1. The van der Waals surface area contributed by atoms with Crippen LogP contribution in [0.2, 0.25) is 0 Å². The molecule has 3 heteroatoms. The highest BCUT2D eigenvalue weighted by atomic mass is 16.3. The Morgan fingerprint density at radius 2 is 1.64 bits per heavy atom. The summed E-state index contributed by atoms with van der Waals surface area (Å²) in [5, 5.41) is 10.6. The largest absolute Gasteiger partial charge is 0.385 e. The van der Waals surface area contributed by atoms with Crippen molar-refractivity contribution in [2.45, 2.75) is 57.1 Å². The monoisotopic (exact) mass is 301 g/mol. The molecule has 0 radical (unpaired) electrons. The molecule has 1 N–H and O–H groups in total. The van der Waals surface area contributed by atoms with Crippen molar-refractivity contribution in [2.24, 2.45) is 5.92 Å². The Morgan fingerprint density at radius 3 is 2.27 bits per heavy atom.